The molecule has 0 aromatic rings. The van der Waals surface area contributed by atoms with Crippen LogP contribution in [-0.2, 0) is 18.1 Å². The maximum Gasteiger partial charge on any atom is 0.476 e. The normalized spacial score (nSPS) is 16.5. The number of hydrogen-bond donors (Lipinski definition) is 0. The van der Waals surface area contributed by atoms with Crippen molar-refractivity contribution < 1.29 is 18.1 Å². The molecule has 0 bridgehead atoms. The van der Waals surface area contributed by atoms with Crippen molar-refractivity contribution in [1.82, 2.24) is 0 Å². The zero-order chi connectivity index (χ0) is 44.3. The maximum absolute atomic E-state index is 16.8. The summed E-state index contributed by atoms with van der Waals surface area (Å²) in [6.45, 7) is 27.8. The summed E-state index contributed by atoms with van der Waals surface area (Å²) in [5, 5.41) is 0. The Morgan fingerprint density at radius 2 is 0.475 bits per heavy atom. The van der Waals surface area contributed by atoms with Crippen molar-refractivity contribution >= 4 is 7.82 Å². The molecule has 0 N–H and O–H groups in total. The van der Waals surface area contributed by atoms with E-state index in [1.54, 1.807) is 0 Å². The summed E-state index contributed by atoms with van der Waals surface area (Å²) >= 11 is 0. The standard InChI is InChI=1S/C54H111O4P/c1-13-22-31-40-49(41-32-23-14-2)52(10,46-37-28-19-7)56-59(55,57-53(11,47-38-29-20-8)50(42-33-24-15-3)43-34-25-16-4)58-54(12,48-39-30-21-9)51(44-35-26-17-5)45-36-27-18-6/h49-51H,13-48H2,1-12H3. The van der Waals surface area contributed by atoms with E-state index in [1.165, 1.54) is 135 Å². The lowest BCUT2D eigenvalue weighted by Gasteiger charge is -2.47. The van der Waals surface area contributed by atoms with Gasteiger partial charge in [-0.25, -0.2) is 4.57 Å². The van der Waals surface area contributed by atoms with E-state index in [0.29, 0.717) is 17.8 Å². The Balaban J connectivity index is 7.94. The minimum Gasteiger partial charge on any atom is -0.280 e. The lowest BCUT2D eigenvalue weighted by molar-refractivity contribution is -0.109. The highest BCUT2D eigenvalue weighted by Gasteiger charge is 2.52. The fourth-order valence-electron chi connectivity index (χ4n) is 10.1. The smallest absolute Gasteiger partial charge is 0.280 e. The van der Waals surface area contributed by atoms with Crippen LogP contribution in [0.3, 0.4) is 0 Å². The monoisotopic (exact) mass is 855 g/mol. The fraction of sp³-hybridized carbons (Fsp3) is 1.00. The van der Waals surface area contributed by atoms with Gasteiger partial charge in [-0.15, -0.1) is 0 Å². The van der Waals surface area contributed by atoms with Crippen LogP contribution in [0.25, 0.3) is 0 Å². The Kier molecular flexibility index (Phi) is 36.5. The lowest BCUT2D eigenvalue weighted by atomic mass is 9.78. The quantitative estimate of drug-likeness (QED) is 0.0452. The van der Waals surface area contributed by atoms with Gasteiger partial charge in [0.15, 0.2) is 0 Å². The molecule has 0 amide bonds. The third-order valence-electron chi connectivity index (χ3n) is 14.3. The zero-order valence-electron chi connectivity index (χ0n) is 42.8. The van der Waals surface area contributed by atoms with Gasteiger partial charge in [0.2, 0.25) is 0 Å². The molecule has 356 valence electrons. The lowest BCUT2D eigenvalue weighted by Crippen LogP contribution is -2.44. The van der Waals surface area contributed by atoms with Crippen LogP contribution in [0.4, 0.5) is 0 Å². The maximum atomic E-state index is 16.8. The Bertz CT molecular complexity index is 823. The van der Waals surface area contributed by atoms with Gasteiger partial charge in [0.1, 0.15) is 0 Å². The van der Waals surface area contributed by atoms with Crippen LogP contribution in [0.15, 0.2) is 0 Å². The van der Waals surface area contributed by atoms with Crippen LogP contribution in [0.1, 0.15) is 314 Å². The van der Waals surface area contributed by atoms with Crippen LogP contribution < -0.4 is 0 Å². The summed E-state index contributed by atoms with van der Waals surface area (Å²) in [7, 11) is -4.13. The molecule has 0 heterocycles. The highest BCUT2D eigenvalue weighted by Crippen LogP contribution is 2.64. The van der Waals surface area contributed by atoms with Crippen molar-refractivity contribution in [1.29, 1.82) is 0 Å². The molecule has 3 atom stereocenters. The zero-order valence-corrected chi connectivity index (χ0v) is 43.7. The number of unbranched alkanes of at least 4 members (excludes halogenated alkanes) is 18. The molecule has 5 heteroatoms. The van der Waals surface area contributed by atoms with Gasteiger partial charge in [0, 0.05) is 0 Å². The van der Waals surface area contributed by atoms with Gasteiger partial charge in [-0.2, -0.15) is 0 Å². The van der Waals surface area contributed by atoms with E-state index in [0.717, 1.165) is 96.3 Å². The van der Waals surface area contributed by atoms with E-state index in [9.17, 15) is 0 Å². The number of hydrogen-bond acceptors (Lipinski definition) is 4. The van der Waals surface area contributed by atoms with Crippen LogP contribution in [0.5, 0.6) is 0 Å². The number of rotatable bonds is 45. The molecular formula is C54H111O4P. The summed E-state index contributed by atoms with van der Waals surface area (Å²) in [6.07, 6.45) is 41.5. The summed E-state index contributed by atoms with van der Waals surface area (Å²) in [6, 6.07) is 0. The third kappa shape index (κ3) is 25.9. The first kappa shape index (κ1) is 59.1. The Morgan fingerprint density at radius 1 is 0.305 bits per heavy atom. The highest BCUT2D eigenvalue weighted by atomic mass is 31.2. The molecule has 4 nitrogen and oxygen atoms in total. The van der Waals surface area contributed by atoms with E-state index in [-0.39, 0.29) is 0 Å². The Labute approximate surface area is 373 Å². The van der Waals surface area contributed by atoms with Crippen molar-refractivity contribution in [2.24, 2.45) is 17.8 Å². The third-order valence-corrected chi connectivity index (χ3v) is 16.2. The molecule has 0 aliphatic rings. The van der Waals surface area contributed by atoms with Gasteiger partial charge in [-0.1, -0.05) is 236 Å². The predicted octanol–water partition coefficient (Wildman–Crippen LogP) is 20.5. The first-order valence-electron chi connectivity index (χ1n) is 27.1. The summed E-state index contributed by atoms with van der Waals surface area (Å²) in [5.41, 5.74) is -1.75. The molecule has 0 aromatic heterocycles. The number of phosphoric ester groups is 1. The van der Waals surface area contributed by atoms with Crippen LogP contribution in [0, 0.1) is 17.8 Å². The first-order chi connectivity index (χ1) is 28.4. The second-order valence-corrected chi connectivity index (χ2v) is 21.5. The van der Waals surface area contributed by atoms with E-state index < -0.39 is 24.6 Å². The minimum absolute atomic E-state index is 0.325. The summed E-state index contributed by atoms with van der Waals surface area (Å²) < 4.78 is 39.6. The molecule has 0 spiro atoms. The van der Waals surface area contributed by atoms with Gasteiger partial charge in [-0.3, -0.25) is 13.6 Å². The molecule has 59 heavy (non-hydrogen) atoms. The molecular weight excluding hydrogens is 744 g/mol. The second-order valence-electron chi connectivity index (χ2n) is 20.1. The van der Waals surface area contributed by atoms with E-state index in [2.05, 4.69) is 83.1 Å². The first-order valence-corrected chi connectivity index (χ1v) is 28.5. The average molecular weight is 855 g/mol. The molecule has 3 unspecified atom stereocenters. The Hall–Kier alpha value is 0.110. The fourth-order valence-corrected chi connectivity index (χ4v) is 12.4. The van der Waals surface area contributed by atoms with Crippen molar-refractivity contribution in [2.75, 3.05) is 0 Å². The molecule has 0 radical (unpaired) electrons. The molecule has 0 saturated heterocycles. The molecule has 0 saturated carbocycles. The highest BCUT2D eigenvalue weighted by molar-refractivity contribution is 7.48. The molecule has 0 rings (SSSR count). The van der Waals surface area contributed by atoms with Crippen LogP contribution in [-0.4, -0.2) is 16.8 Å². The van der Waals surface area contributed by atoms with E-state index >= 15 is 4.57 Å². The molecule has 0 aromatic carbocycles. The summed E-state index contributed by atoms with van der Waals surface area (Å²) in [5.74, 6) is 0.974. The van der Waals surface area contributed by atoms with Gasteiger partial charge >= 0.3 is 7.82 Å². The van der Waals surface area contributed by atoms with Crippen molar-refractivity contribution in [2.45, 2.75) is 331 Å². The number of phosphoric acid groups is 1. The predicted molar refractivity (Wildman–Crippen MR) is 264 cm³/mol. The second kappa shape index (κ2) is 36.4. The topological polar surface area (TPSA) is 44.8 Å². The average Bonchev–Trinajstić information content (AvgIpc) is 3.19. The Morgan fingerprint density at radius 3 is 0.644 bits per heavy atom. The molecule has 0 aliphatic heterocycles. The van der Waals surface area contributed by atoms with Crippen molar-refractivity contribution in [3.63, 3.8) is 0 Å². The van der Waals surface area contributed by atoms with Gasteiger partial charge in [0.25, 0.3) is 0 Å². The van der Waals surface area contributed by atoms with E-state index in [4.69, 9.17) is 13.6 Å². The molecule has 0 fully saturated rings. The summed E-state index contributed by atoms with van der Waals surface area (Å²) in [4.78, 5) is 0. The van der Waals surface area contributed by atoms with Crippen LogP contribution >= 0.6 is 7.82 Å². The van der Waals surface area contributed by atoms with Crippen molar-refractivity contribution in [3.8, 4) is 0 Å². The SMILES string of the molecule is CCCCCC(CCCCC)C(C)(CCCCC)OP(=O)(OC(C)(CCCCC)C(CCCCC)CCCCC)OC(C)(CCCCC)C(CCCCC)CCCCC. The minimum atomic E-state index is -4.13. The largest absolute Gasteiger partial charge is 0.476 e. The van der Waals surface area contributed by atoms with Crippen molar-refractivity contribution in [3.05, 3.63) is 0 Å². The molecule has 0 aliphatic carbocycles. The van der Waals surface area contributed by atoms with Gasteiger partial charge in [-0.05, 0) is 96.3 Å². The van der Waals surface area contributed by atoms with E-state index in [1.807, 2.05) is 0 Å². The van der Waals surface area contributed by atoms with Gasteiger partial charge < -0.3 is 0 Å². The van der Waals surface area contributed by atoms with Gasteiger partial charge in [0.05, 0.1) is 16.8 Å². The van der Waals surface area contributed by atoms with Crippen LogP contribution in [0.2, 0.25) is 0 Å².